The number of amides is 2. The van der Waals surface area contributed by atoms with Gasteiger partial charge in [0.2, 0.25) is 0 Å². The van der Waals surface area contributed by atoms with Gasteiger partial charge in [-0.05, 0) is 63.9 Å². The SMILES string of the molecule is CC(C)(F)C(=O)NCCN1CCC(CNC(=O)c2cc(F)cc(C(F)(F)F)c2)CC1. The predicted octanol–water partition coefficient (Wildman–Crippen LogP) is 3.15. The van der Waals surface area contributed by atoms with Crippen molar-refractivity contribution in [2.45, 2.75) is 38.5 Å². The van der Waals surface area contributed by atoms with Crippen LogP contribution in [0.2, 0.25) is 0 Å². The maximum Gasteiger partial charge on any atom is 0.416 e. The first-order valence-corrected chi connectivity index (χ1v) is 9.72. The van der Waals surface area contributed by atoms with Gasteiger partial charge < -0.3 is 15.5 Å². The van der Waals surface area contributed by atoms with E-state index in [1.807, 2.05) is 0 Å². The molecule has 1 aromatic rings. The fourth-order valence-corrected chi connectivity index (χ4v) is 3.18. The fraction of sp³-hybridized carbons (Fsp3) is 0.600. The van der Waals surface area contributed by atoms with E-state index in [-0.39, 0.29) is 18.0 Å². The molecule has 0 atom stereocenters. The van der Waals surface area contributed by atoms with Gasteiger partial charge in [0.05, 0.1) is 5.56 Å². The van der Waals surface area contributed by atoms with E-state index in [0.29, 0.717) is 38.3 Å². The van der Waals surface area contributed by atoms with E-state index >= 15 is 0 Å². The molecule has 0 bridgehead atoms. The zero-order valence-corrected chi connectivity index (χ0v) is 16.9. The van der Waals surface area contributed by atoms with Gasteiger partial charge in [-0.2, -0.15) is 13.2 Å². The van der Waals surface area contributed by atoms with Crippen LogP contribution in [0, 0.1) is 11.7 Å². The van der Waals surface area contributed by atoms with Gasteiger partial charge in [-0.15, -0.1) is 0 Å². The van der Waals surface area contributed by atoms with Crippen molar-refractivity contribution in [1.29, 1.82) is 0 Å². The molecule has 10 heteroatoms. The molecule has 0 spiro atoms. The zero-order chi connectivity index (χ0) is 22.5. The number of halogens is 5. The molecule has 2 N–H and O–H groups in total. The number of alkyl halides is 4. The molecule has 168 valence electrons. The van der Waals surface area contributed by atoms with Crippen LogP contribution < -0.4 is 10.6 Å². The van der Waals surface area contributed by atoms with Crippen LogP contribution in [0.3, 0.4) is 0 Å². The molecule has 1 aliphatic rings. The average Bonchev–Trinajstić information content (AvgIpc) is 2.65. The van der Waals surface area contributed by atoms with E-state index < -0.39 is 35.0 Å². The van der Waals surface area contributed by atoms with E-state index in [4.69, 9.17) is 0 Å². The van der Waals surface area contributed by atoms with Crippen LogP contribution >= 0.6 is 0 Å². The van der Waals surface area contributed by atoms with Gasteiger partial charge in [0.1, 0.15) is 5.82 Å². The van der Waals surface area contributed by atoms with Gasteiger partial charge in [-0.1, -0.05) is 0 Å². The van der Waals surface area contributed by atoms with Crippen LogP contribution in [0.5, 0.6) is 0 Å². The van der Waals surface area contributed by atoms with Crippen molar-refractivity contribution in [3.63, 3.8) is 0 Å². The summed E-state index contributed by atoms with van der Waals surface area (Å²) in [6.45, 7) is 4.99. The Hall–Kier alpha value is -2.23. The van der Waals surface area contributed by atoms with Crippen molar-refractivity contribution in [3.8, 4) is 0 Å². The summed E-state index contributed by atoms with van der Waals surface area (Å²) in [5.74, 6) is -2.39. The Morgan fingerprint density at radius 1 is 1.07 bits per heavy atom. The minimum absolute atomic E-state index is 0.139. The summed E-state index contributed by atoms with van der Waals surface area (Å²) >= 11 is 0. The lowest BCUT2D eigenvalue weighted by atomic mass is 9.96. The highest BCUT2D eigenvalue weighted by molar-refractivity contribution is 5.94. The Morgan fingerprint density at radius 3 is 2.27 bits per heavy atom. The first-order chi connectivity index (χ1) is 13.9. The van der Waals surface area contributed by atoms with Gasteiger partial charge >= 0.3 is 6.18 Å². The zero-order valence-electron chi connectivity index (χ0n) is 16.9. The molecule has 2 rings (SSSR count). The minimum atomic E-state index is -4.73. The maximum absolute atomic E-state index is 13.4. The predicted molar refractivity (Wildman–Crippen MR) is 101 cm³/mol. The summed E-state index contributed by atoms with van der Waals surface area (Å²) < 4.78 is 65.2. The molecule has 30 heavy (non-hydrogen) atoms. The smallest absolute Gasteiger partial charge is 0.352 e. The second kappa shape index (κ2) is 9.72. The second-order valence-corrected chi connectivity index (χ2v) is 7.95. The van der Waals surface area contributed by atoms with E-state index in [9.17, 15) is 31.5 Å². The molecule has 5 nitrogen and oxygen atoms in total. The lowest BCUT2D eigenvalue weighted by Gasteiger charge is -2.32. The lowest BCUT2D eigenvalue weighted by Crippen LogP contribution is -2.45. The highest BCUT2D eigenvalue weighted by Crippen LogP contribution is 2.30. The molecule has 0 aliphatic carbocycles. The second-order valence-electron chi connectivity index (χ2n) is 7.95. The Balaban J connectivity index is 1.75. The van der Waals surface area contributed by atoms with Crippen LogP contribution in [0.25, 0.3) is 0 Å². The number of rotatable bonds is 7. The normalized spacial score (nSPS) is 16.4. The van der Waals surface area contributed by atoms with Gasteiger partial charge in [-0.3, -0.25) is 9.59 Å². The van der Waals surface area contributed by atoms with Crippen molar-refractivity contribution in [3.05, 3.63) is 35.1 Å². The number of hydrogen-bond acceptors (Lipinski definition) is 3. The standard InChI is InChI=1S/C20H26F5N3O2/c1-19(2,22)18(30)26-5-8-28-6-3-13(4-7-28)12-27-17(29)14-9-15(20(23,24)25)11-16(21)10-14/h9-11,13H,3-8,12H2,1-2H3,(H,26,30)(H,27,29). The maximum atomic E-state index is 13.4. The summed E-state index contributed by atoms with van der Waals surface area (Å²) in [6, 6.07) is 1.76. The molecule has 1 aromatic carbocycles. The highest BCUT2D eigenvalue weighted by atomic mass is 19.4. The first-order valence-electron chi connectivity index (χ1n) is 9.72. The Labute approximate surface area is 172 Å². The van der Waals surface area contributed by atoms with Crippen molar-refractivity contribution >= 4 is 11.8 Å². The first kappa shape index (κ1) is 24.0. The Morgan fingerprint density at radius 2 is 1.70 bits per heavy atom. The Bertz CT molecular complexity index is 754. The number of carbonyl (C=O) groups excluding carboxylic acids is 2. The number of piperidine rings is 1. The molecular formula is C20H26F5N3O2. The van der Waals surface area contributed by atoms with Gasteiger partial charge in [0.25, 0.3) is 11.8 Å². The Kier molecular flexibility index (Phi) is 7.79. The third-order valence-corrected chi connectivity index (χ3v) is 5.00. The molecule has 1 saturated heterocycles. The number of hydrogen-bond donors (Lipinski definition) is 2. The fourth-order valence-electron chi connectivity index (χ4n) is 3.18. The van der Waals surface area contributed by atoms with Crippen LogP contribution in [0.4, 0.5) is 22.0 Å². The van der Waals surface area contributed by atoms with E-state index in [1.54, 1.807) is 0 Å². The number of benzene rings is 1. The molecule has 2 amide bonds. The van der Waals surface area contributed by atoms with Gasteiger partial charge in [-0.25, -0.2) is 8.78 Å². The largest absolute Gasteiger partial charge is 0.416 e. The molecular weight excluding hydrogens is 409 g/mol. The summed E-state index contributed by atoms with van der Waals surface area (Å²) in [6.07, 6.45) is -3.23. The van der Waals surface area contributed by atoms with Crippen molar-refractivity contribution in [2.75, 3.05) is 32.7 Å². The molecule has 1 heterocycles. The molecule has 0 aromatic heterocycles. The summed E-state index contributed by atoms with van der Waals surface area (Å²) in [7, 11) is 0. The number of likely N-dealkylation sites (tertiary alicyclic amines) is 1. The van der Waals surface area contributed by atoms with Crippen LogP contribution in [0.15, 0.2) is 18.2 Å². The third-order valence-electron chi connectivity index (χ3n) is 5.00. The lowest BCUT2D eigenvalue weighted by molar-refractivity contribution is -0.137. The highest BCUT2D eigenvalue weighted by Gasteiger charge is 2.32. The van der Waals surface area contributed by atoms with Crippen molar-refractivity contribution < 1.29 is 31.5 Å². The molecule has 1 aliphatic heterocycles. The van der Waals surface area contributed by atoms with Crippen LogP contribution in [0.1, 0.15) is 42.6 Å². The number of nitrogens with one attached hydrogen (secondary N) is 2. The monoisotopic (exact) mass is 435 g/mol. The molecule has 0 radical (unpaired) electrons. The van der Waals surface area contributed by atoms with E-state index in [1.165, 1.54) is 13.8 Å². The average molecular weight is 435 g/mol. The molecule has 0 saturated carbocycles. The molecule has 1 fully saturated rings. The number of carbonyl (C=O) groups is 2. The number of nitrogens with zero attached hydrogens (tertiary/aromatic N) is 1. The third kappa shape index (κ3) is 7.23. The van der Waals surface area contributed by atoms with Gasteiger partial charge in [0.15, 0.2) is 5.67 Å². The summed E-state index contributed by atoms with van der Waals surface area (Å²) in [5, 5.41) is 5.11. The summed E-state index contributed by atoms with van der Waals surface area (Å²) in [4.78, 5) is 25.7. The van der Waals surface area contributed by atoms with Crippen LogP contribution in [-0.2, 0) is 11.0 Å². The van der Waals surface area contributed by atoms with E-state index in [2.05, 4.69) is 15.5 Å². The molecule has 0 unspecified atom stereocenters. The quantitative estimate of drug-likeness (QED) is 0.647. The minimum Gasteiger partial charge on any atom is -0.352 e. The van der Waals surface area contributed by atoms with Crippen LogP contribution in [-0.4, -0.2) is 55.1 Å². The van der Waals surface area contributed by atoms with Gasteiger partial charge in [0, 0.05) is 25.2 Å². The van der Waals surface area contributed by atoms with Crippen molar-refractivity contribution in [1.82, 2.24) is 15.5 Å². The summed E-state index contributed by atoms with van der Waals surface area (Å²) in [5.41, 5.74) is -3.50. The topological polar surface area (TPSA) is 61.4 Å². The van der Waals surface area contributed by atoms with Crippen molar-refractivity contribution in [2.24, 2.45) is 5.92 Å². The van der Waals surface area contributed by atoms with E-state index in [0.717, 1.165) is 18.9 Å².